The van der Waals surface area contributed by atoms with Gasteiger partial charge in [-0.3, -0.25) is 0 Å². The summed E-state index contributed by atoms with van der Waals surface area (Å²) in [4.78, 5) is 4.36. The number of fused-ring (bicyclic) bond motifs is 1. The van der Waals surface area contributed by atoms with Crippen molar-refractivity contribution in [2.75, 3.05) is 6.54 Å². The zero-order chi connectivity index (χ0) is 16.4. The molecule has 0 bridgehead atoms. The Morgan fingerprint density at radius 2 is 2.26 bits per heavy atom. The van der Waals surface area contributed by atoms with Gasteiger partial charge in [0.15, 0.2) is 0 Å². The molecule has 1 N–H and O–H groups in total. The number of imidazole rings is 1. The average Bonchev–Trinajstić information content (AvgIpc) is 3.00. The first-order valence-corrected chi connectivity index (χ1v) is 9.46. The zero-order valence-corrected chi connectivity index (χ0v) is 14.6. The number of nitrogens with one attached hydrogen (secondary N) is 1. The minimum Gasteiger partial charge on any atom is -0.335 e. The Bertz CT molecular complexity index is 870. The van der Waals surface area contributed by atoms with Gasteiger partial charge in [-0.1, -0.05) is 15.9 Å². The number of halogens is 1. The van der Waals surface area contributed by atoms with Crippen LogP contribution in [0.15, 0.2) is 40.0 Å². The number of benzene rings is 1. The number of hydrogen-bond acceptors (Lipinski definition) is 4. The van der Waals surface area contributed by atoms with Crippen LogP contribution in [0.1, 0.15) is 17.8 Å². The van der Waals surface area contributed by atoms with Crippen molar-refractivity contribution in [2.45, 2.75) is 24.3 Å². The third-order valence-corrected chi connectivity index (χ3v) is 5.77. The topological polar surface area (TPSA) is 87.8 Å². The second-order valence-electron chi connectivity index (χ2n) is 5.54. The van der Waals surface area contributed by atoms with Crippen LogP contribution >= 0.6 is 15.9 Å². The lowest BCUT2D eigenvalue weighted by Gasteiger charge is -2.23. The van der Waals surface area contributed by atoms with Crippen molar-refractivity contribution < 1.29 is 8.42 Å². The third kappa shape index (κ3) is 3.63. The van der Waals surface area contributed by atoms with Crippen LogP contribution in [0.2, 0.25) is 0 Å². The van der Waals surface area contributed by atoms with E-state index in [1.54, 1.807) is 12.3 Å². The van der Waals surface area contributed by atoms with Crippen LogP contribution < -0.4 is 4.72 Å². The van der Waals surface area contributed by atoms with Gasteiger partial charge in [0.2, 0.25) is 10.0 Å². The molecular weight excluding hydrogens is 380 g/mol. The smallest absolute Gasteiger partial charge is 0.240 e. The van der Waals surface area contributed by atoms with E-state index in [1.807, 2.05) is 12.3 Å². The Morgan fingerprint density at radius 3 is 3.04 bits per heavy atom. The summed E-state index contributed by atoms with van der Waals surface area (Å²) >= 11 is 3.23. The lowest BCUT2D eigenvalue weighted by atomic mass is 10.00. The first-order chi connectivity index (χ1) is 11.0. The van der Waals surface area contributed by atoms with Crippen molar-refractivity contribution in [3.63, 3.8) is 0 Å². The van der Waals surface area contributed by atoms with E-state index in [1.165, 1.54) is 12.1 Å². The molecule has 2 heterocycles. The van der Waals surface area contributed by atoms with Crippen molar-refractivity contribution in [3.8, 4) is 6.07 Å². The highest BCUT2D eigenvalue weighted by Crippen LogP contribution is 2.21. The maximum atomic E-state index is 12.4. The monoisotopic (exact) mass is 394 g/mol. The highest BCUT2D eigenvalue weighted by atomic mass is 79.9. The Kier molecular flexibility index (Phi) is 4.53. The van der Waals surface area contributed by atoms with Crippen molar-refractivity contribution in [2.24, 2.45) is 5.92 Å². The number of nitrogens with zero attached hydrogens (tertiary/aromatic N) is 3. The van der Waals surface area contributed by atoms with Crippen molar-refractivity contribution in [1.82, 2.24) is 14.3 Å². The van der Waals surface area contributed by atoms with Gasteiger partial charge < -0.3 is 4.57 Å². The summed E-state index contributed by atoms with van der Waals surface area (Å²) < 4.78 is 30.1. The molecule has 3 rings (SSSR count). The van der Waals surface area contributed by atoms with Crippen LogP contribution in [0.3, 0.4) is 0 Å². The quantitative estimate of drug-likeness (QED) is 0.859. The summed E-state index contributed by atoms with van der Waals surface area (Å²) in [6.45, 7) is 1.13. The van der Waals surface area contributed by atoms with Gasteiger partial charge in [-0.15, -0.1) is 0 Å². The number of aryl methyl sites for hydroxylation is 1. The summed E-state index contributed by atoms with van der Waals surface area (Å²) in [7, 11) is -3.63. The standard InChI is InChI=1S/C15H15BrN4O2S/c16-13-5-12(8-17)6-14(7-13)23(21,22)19-9-11-1-2-15-18-3-4-20(15)10-11/h3-7,11,19H,1-2,9-10H2. The molecule has 0 amide bonds. The normalized spacial score (nSPS) is 17.5. The van der Waals surface area contributed by atoms with Gasteiger partial charge in [0.25, 0.3) is 0 Å². The SMILES string of the molecule is N#Cc1cc(Br)cc(S(=O)(=O)NCC2CCc3nccn3C2)c1. The van der Waals surface area contributed by atoms with E-state index in [2.05, 4.69) is 30.2 Å². The molecule has 0 radical (unpaired) electrons. The molecule has 6 nitrogen and oxygen atoms in total. The fraction of sp³-hybridized carbons (Fsp3) is 0.333. The molecule has 0 aliphatic carbocycles. The molecule has 1 aliphatic heterocycles. The maximum absolute atomic E-state index is 12.4. The molecule has 1 unspecified atom stereocenters. The van der Waals surface area contributed by atoms with Gasteiger partial charge in [0.1, 0.15) is 5.82 Å². The fourth-order valence-corrected chi connectivity index (χ4v) is 4.53. The molecule has 120 valence electrons. The molecule has 0 saturated heterocycles. The maximum Gasteiger partial charge on any atom is 0.240 e. The van der Waals surface area contributed by atoms with Crippen molar-refractivity contribution in [3.05, 3.63) is 46.5 Å². The number of sulfonamides is 1. The molecule has 0 spiro atoms. The Balaban J connectivity index is 1.70. The number of aromatic nitrogens is 2. The Morgan fingerprint density at radius 1 is 1.43 bits per heavy atom. The van der Waals surface area contributed by atoms with E-state index >= 15 is 0 Å². The van der Waals surface area contributed by atoms with Crippen molar-refractivity contribution in [1.29, 1.82) is 5.26 Å². The van der Waals surface area contributed by atoms with E-state index in [4.69, 9.17) is 5.26 Å². The Hall–Kier alpha value is -1.69. The second kappa shape index (κ2) is 6.43. The third-order valence-electron chi connectivity index (χ3n) is 3.91. The Labute approximate surface area is 143 Å². The largest absolute Gasteiger partial charge is 0.335 e. The predicted octanol–water partition coefficient (Wildman–Crippen LogP) is 2.06. The molecular formula is C15H15BrN4O2S. The molecule has 2 aromatic rings. The number of rotatable bonds is 4. The van der Waals surface area contributed by atoms with E-state index in [0.29, 0.717) is 16.6 Å². The van der Waals surface area contributed by atoms with Gasteiger partial charge in [-0.05, 0) is 30.5 Å². The lowest BCUT2D eigenvalue weighted by molar-refractivity contribution is 0.363. The summed E-state index contributed by atoms with van der Waals surface area (Å²) in [5.41, 5.74) is 0.306. The molecule has 1 atom stereocenters. The van der Waals surface area contributed by atoms with Gasteiger partial charge in [-0.25, -0.2) is 18.1 Å². The molecule has 1 aromatic heterocycles. The first kappa shape index (κ1) is 16.2. The fourth-order valence-electron chi connectivity index (χ4n) is 2.70. The number of hydrogen-bond donors (Lipinski definition) is 1. The summed E-state index contributed by atoms with van der Waals surface area (Å²) in [5, 5.41) is 8.96. The van der Waals surface area contributed by atoms with Gasteiger partial charge in [-0.2, -0.15) is 5.26 Å². The predicted molar refractivity (Wildman–Crippen MR) is 88.1 cm³/mol. The van der Waals surface area contributed by atoms with E-state index in [-0.39, 0.29) is 10.8 Å². The van der Waals surface area contributed by atoms with Crippen LogP contribution in [0.5, 0.6) is 0 Å². The molecule has 8 heteroatoms. The minimum atomic E-state index is -3.63. The van der Waals surface area contributed by atoms with Crippen LogP contribution in [0.4, 0.5) is 0 Å². The molecule has 1 aliphatic rings. The van der Waals surface area contributed by atoms with Gasteiger partial charge in [0, 0.05) is 36.4 Å². The number of nitriles is 1. The summed E-state index contributed by atoms with van der Waals surface area (Å²) in [6, 6.07) is 6.42. The zero-order valence-electron chi connectivity index (χ0n) is 12.2. The molecule has 0 saturated carbocycles. The highest BCUT2D eigenvalue weighted by molar-refractivity contribution is 9.10. The van der Waals surface area contributed by atoms with Gasteiger partial charge >= 0.3 is 0 Å². The van der Waals surface area contributed by atoms with E-state index in [9.17, 15) is 8.42 Å². The van der Waals surface area contributed by atoms with Crippen LogP contribution in [-0.2, 0) is 23.0 Å². The molecule has 0 fully saturated rings. The first-order valence-electron chi connectivity index (χ1n) is 7.18. The summed E-state index contributed by atoms with van der Waals surface area (Å²) in [6.07, 6.45) is 5.45. The molecule has 23 heavy (non-hydrogen) atoms. The van der Waals surface area contributed by atoms with Gasteiger partial charge in [0.05, 0.1) is 16.5 Å². The molecule has 1 aromatic carbocycles. The van der Waals surface area contributed by atoms with E-state index < -0.39 is 10.0 Å². The highest BCUT2D eigenvalue weighted by Gasteiger charge is 2.22. The van der Waals surface area contributed by atoms with E-state index in [0.717, 1.165) is 25.2 Å². The van der Waals surface area contributed by atoms with Crippen LogP contribution in [0.25, 0.3) is 0 Å². The minimum absolute atomic E-state index is 0.0996. The van der Waals surface area contributed by atoms with Crippen molar-refractivity contribution >= 4 is 26.0 Å². The lowest BCUT2D eigenvalue weighted by Crippen LogP contribution is -2.33. The van der Waals surface area contributed by atoms with Crippen LogP contribution in [-0.4, -0.2) is 24.5 Å². The average molecular weight is 395 g/mol. The van der Waals surface area contributed by atoms with Crippen LogP contribution in [0, 0.1) is 17.2 Å². The summed E-state index contributed by atoms with van der Waals surface area (Å²) in [5.74, 6) is 1.28. The second-order valence-corrected chi connectivity index (χ2v) is 8.22.